The second-order valence-corrected chi connectivity index (χ2v) is 5.75. The molecule has 6 heteroatoms. The normalized spacial score (nSPS) is 11.8. The highest BCUT2D eigenvalue weighted by atomic mass is 16.5. The first-order valence-electron chi connectivity index (χ1n) is 8.01. The monoisotopic (exact) mass is 352 g/mol. The van der Waals surface area contributed by atoms with Gasteiger partial charge in [0.15, 0.2) is 6.10 Å². The lowest BCUT2D eigenvalue weighted by Crippen LogP contribution is -2.29. The number of carbonyl (C=O) groups excluding carboxylic acids is 3. The third kappa shape index (κ3) is 5.59. The van der Waals surface area contributed by atoms with Crippen LogP contribution in [-0.2, 0) is 14.3 Å². The zero-order valence-electron chi connectivity index (χ0n) is 14.6. The predicted octanol–water partition coefficient (Wildman–Crippen LogP) is 2.68. The van der Waals surface area contributed by atoms with E-state index in [4.69, 9.17) is 10.5 Å². The number of primary amides is 1. The number of nitrogens with one attached hydrogen (secondary N) is 1. The Morgan fingerprint density at radius 1 is 1.04 bits per heavy atom. The topological polar surface area (TPSA) is 98.5 Å². The summed E-state index contributed by atoms with van der Waals surface area (Å²) in [7, 11) is 0. The average Bonchev–Trinajstić information content (AvgIpc) is 2.61. The molecule has 6 nitrogen and oxygen atoms in total. The van der Waals surface area contributed by atoms with Gasteiger partial charge < -0.3 is 15.8 Å². The van der Waals surface area contributed by atoms with E-state index in [1.807, 2.05) is 31.2 Å². The van der Waals surface area contributed by atoms with E-state index in [-0.39, 0.29) is 0 Å². The lowest BCUT2D eigenvalue weighted by atomic mass is 10.1. The van der Waals surface area contributed by atoms with Crippen LogP contribution in [0.3, 0.4) is 0 Å². The van der Waals surface area contributed by atoms with Gasteiger partial charge in [0, 0.05) is 17.3 Å². The molecule has 2 rings (SSSR count). The van der Waals surface area contributed by atoms with Crippen molar-refractivity contribution in [2.24, 2.45) is 5.73 Å². The molecular formula is C20H20N2O4. The Hall–Kier alpha value is -3.41. The number of aryl methyl sites for hydroxylation is 1. The van der Waals surface area contributed by atoms with Crippen molar-refractivity contribution in [2.75, 3.05) is 5.32 Å². The summed E-state index contributed by atoms with van der Waals surface area (Å²) in [5, 5.41) is 2.60. The molecule has 26 heavy (non-hydrogen) atoms. The minimum Gasteiger partial charge on any atom is -0.449 e. The minimum absolute atomic E-state index is 0.337. The van der Waals surface area contributed by atoms with Crippen LogP contribution in [0.15, 0.2) is 54.6 Å². The first-order chi connectivity index (χ1) is 12.3. The number of benzene rings is 2. The maximum Gasteiger partial charge on any atom is 0.331 e. The smallest absolute Gasteiger partial charge is 0.331 e. The number of carbonyl (C=O) groups is 3. The van der Waals surface area contributed by atoms with Gasteiger partial charge in [0.25, 0.3) is 5.91 Å². The zero-order valence-corrected chi connectivity index (χ0v) is 14.6. The van der Waals surface area contributed by atoms with Crippen molar-refractivity contribution in [3.05, 3.63) is 71.3 Å². The molecule has 0 saturated heterocycles. The van der Waals surface area contributed by atoms with Gasteiger partial charge in [-0.3, -0.25) is 9.59 Å². The Kier molecular flexibility index (Phi) is 6.27. The van der Waals surface area contributed by atoms with Crippen LogP contribution in [-0.4, -0.2) is 23.9 Å². The third-order valence-electron chi connectivity index (χ3n) is 3.59. The molecule has 2 amide bonds. The fourth-order valence-corrected chi connectivity index (χ4v) is 2.07. The standard InChI is InChI=1S/C20H20N2O4/c1-13-3-5-15(6-4-13)7-12-18(23)26-14(2)20(25)22-17-10-8-16(9-11-17)19(21)24/h3-12,14H,1-2H3,(H2,21,24)(H,22,25)/b12-7+/t14-/m0/s1. The zero-order chi connectivity index (χ0) is 19.1. The predicted molar refractivity (Wildman–Crippen MR) is 99.4 cm³/mol. The highest BCUT2D eigenvalue weighted by molar-refractivity contribution is 5.97. The van der Waals surface area contributed by atoms with Gasteiger partial charge in [0.1, 0.15) is 0 Å². The van der Waals surface area contributed by atoms with Crippen molar-refractivity contribution < 1.29 is 19.1 Å². The Bertz CT molecular complexity index is 824. The summed E-state index contributed by atoms with van der Waals surface area (Å²) in [6.45, 7) is 3.45. The fourth-order valence-electron chi connectivity index (χ4n) is 2.07. The Labute approximate surface area is 151 Å². The van der Waals surface area contributed by atoms with Gasteiger partial charge >= 0.3 is 5.97 Å². The van der Waals surface area contributed by atoms with Crippen LogP contribution in [0.1, 0.15) is 28.4 Å². The molecule has 0 saturated carbocycles. The number of esters is 1. The number of hydrogen-bond donors (Lipinski definition) is 2. The maximum atomic E-state index is 12.1. The van der Waals surface area contributed by atoms with Crippen LogP contribution in [0, 0.1) is 6.92 Å². The molecule has 0 aliphatic heterocycles. The van der Waals surface area contributed by atoms with Gasteiger partial charge in [-0.15, -0.1) is 0 Å². The van der Waals surface area contributed by atoms with E-state index in [2.05, 4.69) is 5.32 Å². The first kappa shape index (κ1) is 18.9. The average molecular weight is 352 g/mol. The van der Waals surface area contributed by atoms with Crippen LogP contribution in [0.4, 0.5) is 5.69 Å². The number of ether oxygens (including phenoxy) is 1. The summed E-state index contributed by atoms with van der Waals surface area (Å²) in [6, 6.07) is 13.7. The summed E-state index contributed by atoms with van der Waals surface area (Å²) < 4.78 is 5.08. The summed E-state index contributed by atoms with van der Waals surface area (Å²) in [6.07, 6.45) is 1.92. The van der Waals surface area contributed by atoms with E-state index in [9.17, 15) is 14.4 Å². The quantitative estimate of drug-likeness (QED) is 0.617. The Morgan fingerprint density at radius 3 is 2.23 bits per heavy atom. The molecule has 0 unspecified atom stereocenters. The van der Waals surface area contributed by atoms with E-state index in [0.717, 1.165) is 11.1 Å². The second kappa shape index (κ2) is 8.62. The molecule has 0 aliphatic carbocycles. The molecule has 0 aromatic heterocycles. The lowest BCUT2D eigenvalue weighted by Gasteiger charge is -2.12. The Balaban J connectivity index is 1.88. The summed E-state index contributed by atoms with van der Waals surface area (Å²) in [4.78, 5) is 34.9. The molecule has 2 aromatic rings. The van der Waals surface area contributed by atoms with Crippen LogP contribution in [0.5, 0.6) is 0 Å². The molecule has 3 N–H and O–H groups in total. The second-order valence-electron chi connectivity index (χ2n) is 5.75. The van der Waals surface area contributed by atoms with Crippen LogP contribution < -0.4 is 11.1 Å². The van der Waals surface area contributed by atoms with Crippen molar-refractivity contribution in [1.82, 2.24) is 0 Å². The van der Waals surface area contributed by atoms with Crippen molar-refractivity contribution in [3.8, 4) is 0 Å². The molecule has 0 bridgehead atoms. The van der Waals surface area contributed by atoms with Crippen molar-refractivity contribution in [2.45, 2.75) is 20.0 Å². The van der Waals surface area contributed by atoms with E-state index in [0.29, 0.717) is 11.3 Å². The van der Waals surface area contributed by atoms with Gasteiger partial charge in [-0.05, 0) is 49.8 Å². The Morgan fingerprint density at radius 2 is 1.65 bits per heavy atom. The van der Waals surface area contributed by atoms with Gasteiger partial charge in [0.05, 0.1) is 0 Å². The van der Waals surface area contributed by atoms with Gasteiger partial charge in [-0.25, -0.2) is 4.79 Å². The summed E-state index contributed by atoms with van der Waals surface area (Å²) in [5.41, 5.74) is 7.95. The van der Waals surface area contributed by atoms with E-state index in [1.165, 1.54) is 25.1 Å². The number of amides is 2. The van der Waals surface area contributed by atoms with Gasteiger partial charge in [0.2, 0.25) is 5.91 Å². The maximum absolute atomic E-state index is 12.1. The highest BCUT2D eigenvalue weighted by Gasteiger charge is 2.16. The van der Waals surface area contributed by atoms with Crippen molar-refractivity contribution >= 4 is 29.5 Å². The largest absolute Gasteiger partial charge is 0.449 e. The molecule has 0 heterocycles. The number of nitrogens with two attached hydrogens (primary N) is 1. The molecule has 0 radical (unpaired) electrons. The van der Waals surface area contributed by atoms with E-state index in [1.54, 1.807) is 18.2 Å². The summed E-state index contributed by atoms with van der Waals surface area (Å²) in [5.74, 6) is -1.64. The summed E-state index contributed by atoms with van der Waals surface area (Å²) >= 11 is 0. The van der Waals surface area contributed by atoms with Crippen molar-refractivity contribution in [1.29, 1.82) is 0 Å². The number of rotatable bonds is 6. The lowest BCUT2D eigenvalue weighted by molar-refractivity contribution is -0.148. The fraction of sp³-hybridized carbons (Fsp3) is 0.150. The van der Waals surface area contributed by atoms with Crippen LogP contribution in [0.25, 0.3) is 6.08 Å². The first-order valence-corrected chi connectivity index (χ1v) is 8.01. The third-order valence-corrected chi connectivity index (χ3v) is 3.59. The van der Waals surface area contributed by atoms with Crippen LogP contribution in [0.2, 0.25) is 0 Å². The molecule has 0 fully saturated rings. The van der Waals surface area contributed by atoms with Crippen molar-refractivity contribution in [3.63, 3.8) is 0 Å². The van der Waals surface area contributed by atoms with Gasteiger partial charge in [-0.2, -0.15) is 0 Å². The number of hydrogen-bond acceptors (Lipinski definition) is 4. The molecule has 0 spiro atoms. The molecule has 134 valence electrons. The van der Waals surface area contributed by atoms with E-state index >= 15 is 0 Å². The molecule has 0 aliphatic rings. The molecular weight excluding hydrogens is 332 g/mol. The highest BCUT2D eigenvalue weighted by Crippen LogP contribution is 2.10. The van der Waals surface area contributed by atoms with Crippen LogP contribution >= 0.6 is 0 Å². The number of anilines is 1. The van der Waals surface area contributed by atoms with Gasteiger partial charge in [-0.1, -0.05) is 29.8 Å². The van der Waals surface area contributed by atoms with E-state index < -0.39 is 23.9 Å². The SMILES string of the molecule is Cc1ccc(/C=C/C(=O)O[C@@H](C)C(=O)Nc2ccc(C(N)=O)cc2)cc1. The molecule has 2 aromatic carbocycles. The minimum atomic E-state index is -0.971. The molecule has 1 atom stereocenters.